The molecule has 0 radical (unpaired) electrons. The van der Waals surface area contributed by atoms with E-state index in [-0.39, 0.29) is 12.1 Å². The Kier molecular flexibility index (Phi) is 6.38. The van der Waals surface area contributed by atoms with Crippen molar-refractivity contribution in [2.24, 2.45) is 0 Å². The molecular weight excluding hydrogens is 301 g/mol. The van der Waals surface area contributed by atoms with Crippen LogP contribution in [0.5, 0.6) is 5.75 Å². The minimum absolute atomic E-state index is 0.0133. The first-order valence-electron chi connectivity index (χ1n) is 8.59. The van der Waals surface area contributed by atoms with Gasteiger partial charge in [0.1, 0.15) is 17.5 Å². The third-order valence-electron chi connectivity index (χ3n) is 4.13. The second-order valence-electron chi connectivity index (χ2n) is 6.88. The summed E-state index contributed by atoms with van der Waals surface area (Å²) in [6.07, 6.45) is 0.520. The third kappa shape index (κ3) is 5.97. The summed E-state index contributed by atoms with van der Waals surface area (Å²) >= 11 is 0. The molecule has 0 saturated heterocycles. The fourth-order valence-corrected chi connectivity index (χ4v) is 2.54. The first-order chi connectivity index (χ1) is 11.3. The van der Waals surface area contributed by atoms with Crippen LogP contribution in [0.4, 0.5) is 4.39 Å². The van der Waals surface area contributed by atoms with Crippen LogP contribution in [-0.2, 0) is 0 Å². The van der Waals surface area contributed by atoms with Crippen LogP contribution in [0.25, 0.3) is 0 Å². The lowest BCUT2D eigenvalue weighted by Gasteiger charge is -2.19. The van der Waals surface area contributed by atoms with E-state index in [1.165, 1.54) is 5.56 Å². The van der Waals surface area contributed by atoms with Crippen molar-refractivity contribution in [1.82, 2.24) is 5.32 Å². The summed E-state index contributed by atoms with van der Waals surface area (Å²) in [4.78, 5) is 0. The topological polar surface area (TPSA) is 21.3 Å². The highest BCUT2D eigenvalue weighted by Crippen LogP contribution is 2.23. The van der Waals surface area contributed by atoms with Gasteiger partial charge in [-0.3, -0.25) is 0 Å². The molecule has 24 heavy (non-hydrogen) atoms. The molecule has 2 aromatic carbocycles. The van der Waals surface area contributed by atoms with E-state index >= 15 is 0 Å². The van der Waals surface area contributed by atoms with Crippen LogP contribution in [-0.4, -0.2) is 12.2 Å². The third-order valence-corrected chi connectivity index (χ3v) is 4.13. The molecule has 0 amide bonds. The predicted molar refractivity (Wildman–Crippen MR) is 98.1 cm³/mol. The van der Waals surface area contributed by atoms with Crippen LogP contribution in [0.3, 0.4) is 0 Å². The highest BCUT2D eigenvalue weighted by molar-refractivity contribution is 5.30. The van der Waals surface area contributed by atoms with Gasteiger partial charge in [0.25, 0.3) is 0 Å². The number of ether oxygens (including phenoxy) is 1. The second-order valence-corrected chi connectivity index (χ2v) is 6.88. The Morgan fingerprint density at radius 1 is 0.958 bits per heavy atom. The Morgan fingerprint density at radius 3 is 2.17 bits per heavy atom. The van der Waals surface area contributed by atoms with Crippen molar-refractivity contribution in [3.63, 3.8) is 0 Å². The van der Waals surface area contributed by atoms with Gasteiger partial charge in [-0.1, -0.05) is 42.5 Å². The molecule has 2 unspecified atom stereocenters. The van der Waals surface area contributed by atoms with Crippen LogP contribution in [0.2, 0.25) is 0 Å². The number of nitrogens with one attached hydrogen (secondary N) is 1. The van der Waals surface area contributed by atoms with Gasteiger partial charge < -0.3 is 10.1 Å². The van der Waals surface area contributed by atoms with E-state index in [0.29, 0.717) is 13.0 Å². The highest BCUT2D eigenvalue weighted by Gasteiger charge is 2.15. The van der Waals surface area contributed by atoms with Crippen molar-refractivity contribution < 1.29 is 9.13 Å². The average Bonchev–Trinajstić information content (AvgIpc) is 2.55. The number of benzene rings is 2. The molecule has 0 bridgehead atoms. The number of halogens is 1. The fourth-order valence-electron chi connectivity index (χ4n) is 2.54. The van der Waals surface area contributed by atoms with E-state index in [1.54, 1.807) is 13.8 Å². The summed E-state index contributed by atoms with van der Waals surface area (Å²) in [5.74, 6) is 0.854. The van der Waals surface area contributed by atoms with Gasteiger partial charge in [-0.25, -0.2) is 4.39 Å². The van der Waals surface area contributed by atoms with Gasteiger partial charge in [0, 0.05) is 6.04 Å². The predicted octanol–water partition coefficient (Wildman–Crippen LogP) is 5.62. The maximum absolute atomic E-state index is 13.5. The van der Waals surface area contributed by atoms with Crippen molar-refractivity contribution in [2.75, 3.05) is 6.54 Å². The van der Waals surface area contributed by atoms with Crippen LogP contribution in [0.15, 0.2) is 54.6 Å². The average molecular weight is 329 g/mol. The zero-order valence-electron chi connectivity index (χ0n) is 15.1. The highest BCUT2D eigenvalue weighted by atomic mass is 19.1. The smallest absolute Gasteiger partial charge is 0.121 e. The van der Waals surface area contributed by atoms with Crippen molar-refractivity contribution >= 4 is 0 Å². The summed E-state index contributed by atoms with van der Waals surface area (Å²) in [5.41, 5.74) is 1.20. The number of hydrogen-bond acceptors (Lipinski definition) is 2. The van der Waals surface area contributed by atoms with Gasteiger partial charge in [0.05, 0.1) is 0 Å². The normalized spacial score (nSPS) is 14.2. The first-order valence-corrected chi connectivity index (χ1v) is 8.59. The Bertz CT molecular complexity index is 604. The molecule has 0 heterocycles. The fraction of sp³-hybridized carbons (Fsp3) is 0.429. The van der Waals surface area contributed by atoms with Gasteiger partial charge in [-0.05, 0) is 63.9 Å². The van der Waals surface area contributed by atoms with Crippen molar-refractivity contribution in [3.05, 3.63) is 65.7 Å². The zero-order chi connectivity index (χ0) is 17.6. The van der Waals surface area contributed by atoms with E-state index < -0.39 is 5.67 Å². The van der Waals surface area contributed by atoms with Crippen molar-refractivity contribution in [2.45, 2.75) is 51.9 Å². The maximum atomic E-state index is 13.5. The largest absolute Gasteiger partial charge is 0.486 e. The van der Waals surface area contributed by atoms with E-state index in [0.717, 1.165) is 11.3 Å². The molecule has 0 aliphatic carbocycles. The molecule has 0 aliphatic rings. The van der Waals surface area contributed by atoms with Gasteiger partial charge in [-0.15, -0.1) is 0 Å². The van der Waals surface area contributed by atoms with E-state index in [9.17, 15) is 4.39 Å². The van der Waals surface area contributed by atoms with E-state index in [2.05, 4.69) is 36.5 Å². The second kappa shape index (κ2) is 8.29. The molecule has 2 rings (SSSR count). The minimum Gasteiger partial charge on any atom is -0.486 e. The molecule has 0 saturated carbocycles. The Morgan fingerprint density at radius 2 is 1.58 bits per heavy atom. The Balaban J connectivity index is 1.88. The Hall–Kier alpha value is -1.87. The molecule has 1 N–H and O–H groups in total. The van der Waals surface area contributed by atoms with Crippen molar-refractivity contribution in [1.29, 1.82) is 0 Å². The molecule has 0 fully saturated rings. The molecule has 3 heteroatoms. The summed E-state index contributed by atoms with van der Waals surface area (Å²) < 4.78 is 19.5. The molecule has 0 spiro atoms. The number of rotatable bonds is 8. The van der Waals surface area contributed by atoms with Crippen molar-refractivity contribution in [3.8, 4) is 5.75 Å². The van der Waals surface area contributed by atoms with E-state index in [4.69, 9.17) is 4.74 Å². The summed E-state index contributed by atoms with van der Waals surface area (Å²) in [6.45, 7) is 8.02. The summed E-state index contributed by atoms with van der Waals surface area (Å²) in [7, 11) is 0. The maximum Gasteiger partial charge on any atom is 0.121 e. The molecule has 0 aromatic heterocycles. The SMILES string of the molecule is CC(NCCC(C)(C)F)c1ccc(OC(C)c2ccccc2)cc1. The minimum atomic E-state index is -1.13. The lowest BCUT2D eigenvalue weighted by atomic mass is 10.1. The molecule has 0 aliphatic heterocycles. The lowest BCUT2D eigenvalue weighted by Crippen LogP contribution is -2.25. The Labute approximate surface area is 145 Å². The molecule has 2 aromatic rings. The molecule has 2 atom stereocenters. The van der Waals surface area contributed by atoms with Crippen LogP contribution >= 0.6 is 0 Å². The van der Waals surface area contributed by atoms with Gasteiger partial charge in [0.15, 0.2) is 0 Å². The first kappa shape index (κ1) is 18.5. The lowest BCUT2D eigenvalue weighted by molar-refractivity contribution is 0.198. The number of hydrogen-bond donors (Lipinski definition) is 1. The van der Waals surface area contributed by atoms with Crippen LogP contribution < -0.4 is 10.1 Å². The number of alkyl halides is 1. The summed E-state index contributed by atoms with van der Waals surface area (Å²) in [6, 6.07) is 18.5. The van der Waals surface area contributed by atoms with Crippen LogP contribution in [0, 0.1) is 0 Å². The summed E-state index contributed by atoms with van der Waals surface area (Å²) in [5, 5.41) is 3.36. The zero-order valence-corrected chi connectivity index (χ0v) is 15.1. The molecule has 2 nitrogen and oxygen atoms in total. The van der Waals surface area contributed by atoms with Gasteiger partial charge in [-0.2, -0.15) is 0 Å². The molecule has 130 valence electrons. The van der Waals surface area contributed by atoms with E-state index in [1.807, 2.05) is 37.3 Å². The molecular formula is C21H28FNO. The van der Waals surface area contributed by atoms with Gasteiger partial charge >= 0.3 is 0 Å². The quantitative estimate of drug-likeness (QED) is 0.679. The van der Waals surface area contributed by atoms with Gasteiger partial charge in [0.2, 0.25) is 0 Å². The van der Waals surface area contributed by atoms with Crippen LogP contribution in [0.1, 0.15) is 57.4 Å². The monoisotopic (exact) mass is 329 g/mol. The standard InChI is InChI=1S/C21H28FNO/c1-16(23-15-14-21(3,4)22)18-10-12-20(13-11-18)24-17(2)19-8-6-5-7-9-19/h5-13,16-17,23H,14-15H2,1-4H3.